The first-order chi connectivity index (χ1) is 9.56. The topological polar surface area (TPSA) is 67.2 Å². The van der Waals surface area contributed by atoms with Crippen molar-refractivity contribution < 1.29 is 9.18 Å². The number of halogens is 2. The number of primary amides is 1. The molecule has 2 amide bonds. The Balaban J connectivity index is 2.00. The number of nitrogens with two attached hydrogens (primary N) is 1. The minimum absolute atomic E-state index is 0.102. The summed E-state index contributed by atoms with van der Waals surface area (Å²) in [7, 11) is 0. The second-order valence-electron chi connectivity index (χ2n) is 4.13. The first-order valence-corrected chi connectivity index (χ1v) is 6.27. The van der Waals surface area contributed by atoms with Gasteiger partial charge in [-0.2, -0.15) is 0 Å². The molecule has 0 fully saturated rings. The van der Waals surface area contributed by atoms with Gasteiger partial charge in [0.1, 0.15) is 5.82 Å². The first kappa shape index (κ1) is 14.1. The molecule has 6 heteroatoms. The van der Waals surface area contributed by atoms with Crippen LogP contribution in [0.1, 0.15) is 5.56 Å². The third kappa shape index (κ3) is 3.61. The molecule has 2 aromatic rings. The molecule has 0 atom stereocenters. The normalized spacial score (nSPS) is 10.1. The minimum Gasteiger partial charge on any atom is -0.381 e. The van der Waals surface area contributed by atoms with E-state index in [9.17, 15) is 9.18 Å². The predicted octanol–water partition coefficient (Wildman–Crippen LogP) is 3.58. The summed E-state index contributed by atoms with van der Waals surface area (Å²) in [5.74, 6) is -0.423. The molecule has 0 aliphatic carbocycles. The lowest BCUT2D eigenvalue weighted by Gasteiger charge is -2.09. The van der Waals surface area contributed by atoms with E-state index in [4.69, 9.17) is 17.3 Å². The molecule has 0 unspecified atom stereocenters. The van der Waals surface area contributed by atoms with Gasteiger partial charge in [-0.1, -0.05) is 23.7 Å². The quantitative estimate of drug-likeness (QED) is 0.806. The highest BCUT2D eigenvalue weighted by Crippen LogP contribution is 2.19. The highest BCUT2D eigenvalue weighted by Gasteiger charge is 2.05. The van der Waals surface area contributed by atoms with Gasteiger partial charge in [-0.15, -0.1) is 0 Å². The molecule has 0 bridgehead atoms. The van der Waals surface area contributed by atoms with Crippen LogP contribution in [0.4, 0.5) is 20.6 Å². The van der Waals surface area contributed by atoms with Crippen LogP contribution in [0.5, 0.6) is 0 Å². The Morgan fingerprint density at radius 2 is 1.80 bits per heavy atom. The van der Waals surface area contributed by atoms with Gasteiger partial charge in [-0.25, -0.2) is 9.18 Å². The summed E-state index contributed by atoms with van der Waals surface area (Å²) in [5, 5.41) is 5.63. The van der Waals surface area contributed by atoms with E-state index < -0.39 is 11.8 Å². The lowest BCUT2D eigenvalue weighted by atomic mass is 10.2. The average molecular weight is 294 g/mol. The second-order valence-corrected chi connectivity index (χ2v) is 4.54. The Morgan fingerprint density at radius 1 is 1.15 bits per heavy atom. The standard InChI is InChI=1S/C14H13ClFN3O/c15-12-3-1-2-9(13(12)16)8-18-10-4-6-11(7-5-10)19-14(17)20/h1-7,18H,8H2,(H3,17,19,20). The van der Waals surface area contributed by atoms with Crippen molar-refractivity contribution in [1.29, 1.82) is 0 Å². The van der Waals surface area contributed by atoms with E-state index in [1.54, 1.807) is 36.4 Å². The number of carbonyl (C=O) groups excluding carboxylic acids is 1. The molecule has 4 nitrogen and oxygen atoms in total. The van der Waals surface area contributed by atoms with Crippen molar-refractivity contribution >= 4 is 29.0 Å². The molecule has 2 aromatic carbocycles. The van der Waals surface area contributed by atoms with Gasteiger partial charge in [0.2, 0.25) is 0 Å². The van der Waals surface area contributed by atoms with Gasteiger partial charge in [0.05, 0.1) is 5.02 Å². The zero-order valence-electron chi connectivity index (χ0n) is 10.5. The van der Waals surface area contributed by atoms with Crippen molar-refractivity contribution in [3.8, 4) is 0 Å². The maximum atomic E-state index is 13.7. The van der Waals surface area contributed by atoms with Gasteiger partial charge in [-0.3, -0.25) is 0 Å². The summed E-state index contributed by atoms with van der Waals surface area (Å²) >= 11 is 5.71. The lowest BCUT2D eigenvalue weighted by molar-refractivity contribution is 0.259. The molecule has 0 heterocycles. The largest absolute Gasteiger partial charge is 0.381 e. The smallest absolute Gasteiger partial charge is 0.316 e. The Morgan fingerprint density at radius 3 is 2.45 bits per heavy atom. The van der Waals surface area contributed by atoms with Gasteiger partial charge in [0.15, 0.2) is 0 Å². The summed E-state index contributed by atoms with van der Waals surface area (Å²) < 4.78 is 13.7. The highest BCUT2D eigenvalue weighted by molar-refractivity contribution is 6.30. The third-order valence-electron chi connectivity index (χ3n) is 2.67. The number of benzene rings is 2. The van der Waals surface area contributed by atoms with Crippen molar-refractivity contribution in [1.82, 2.24) is 0 Å². The number of carbonyl (C=O) groups is 1. The van der Waals surface area contributed by atoms with Crippen molar-refractivity contribution in [2.45, 2.75) is 6.54 Å². The van der Waals surface area contributed by atoms with E-state index in [0.29, 0.717) is 17.8 Å². The fourth-order valence-corrected chi connectivity index (χ4v) is 1.89. The zero-order valence-corrected chi connectivity index (χ0v) is 11.2. The van der Waals surface area contributed by atoms with Crippen LogP contribution < -0.4 is 16.4 Å². The predicted molar refractivity (Wildman–Crippen MR) is 78.4 cm³/mol. The molecule has 0 aliphatic heterocycles. The molecule has 0 saturated heterocycles. The van der Waals surface area contributed by atoms with Crippen LogP contribution in [0.2, 0.25) is 5.02 Å². The van der Waals surface area contributed by atoms with Crippen LogP contribution in [0, 0.1) is 5.82 Å². The molecule has 0 radical (unpaired) electrons. The first-order valence-electron chi connectivity index (χ1n) is 5.89. The van der Waals surface area contributed by atoms with E-state index in [-0.39, 0.29) is 5.02 Å². The van der Waals surface area contributed by atoms with Crippen molar-refractivity contribution in [2.75, 3.05) is 10.6 Å². The van der Waals surface area contributed by atoms with E-state index in [1.165, 1.54) is 6.07 Å². The monoisotopic (exact) mass is 293 g/mol. The Hall–Kier alpha value is -2.27. The van der Waals surface area contributed by atoms with Crippen LogP contribution in [0.25, 0.3) is 0 Å². The molecule has 0 aromatic heterocycles. The summed E-state index contributed by atoms with van der Waals surface area (Å²) in [6, 6.07) is 11.2. The maximum Gasteiger partial charge on any atom is 0.316 e. The molecule has 0 aliphatic rings. The summed E-state index contributed by atoms with van der Waals surface area (Å²) in [6.45, 7) is 0.314. The molecule has 104 valence electrons. The van der Waals surface area contributed by atoms with Crippen LogP contribution >= 0.6 is 11.6 Å². The molecule has 0 saturated carbocycles. The molecule has 0 spiro atoms. The zero-order chi connectivity index (χ0) is 14.5. The number of nitrogens with one attached hydrogen (secondary N) is 2. The van der Waals surface area contributed by atoms with Crippen LogP contribution in [-0.4, -0.2) is 6.03 Å². The minimum atomic E-state index is -0.619. The molecule has 4 N–H and O–H groups in total. The lowest BCUT2D eigenvalue weighted by Crippen LogP contribution is -2.19. The van der Waals surface area contributed by atoms with Crippen LogP contribution in [-0.2, 0) is 6.54 Å². The second kappa shape index (κ2) is 6.25. The van der Waals surface area contributed by atoms with Gasteiger partial charge < -0.3 is 16.4 Å². The van der Waals surface area contributed by atoms with E-state index in [2.05, 4.69) is 10.6 Å². The SMILES string of the molecule is NC(=O)Nc1ccc(NCc2cccc(Cl)c2F)cc1. The van der Waals surface area contributed by atoms with Gasteiger partial charge in [-0.05, 0) is 30.3 Å². The summed E-state index contributed by atoms with van der Waals surface area (Å²) in [5.41, 5.74) is 6.88. The third-order valence-corrected chi connectivity index (χ3v) is 2.96. The molecular weight excluding hydrogens is 281 g/mol. The van der Waals surface area contributed by atoms with E-state index >= 15 is 0 Å². The van der Waals surface area contributed by atoms with Crippen molar-refractivity contribution in [2.24, 2.45) is 5.73 Å². The number of hydrogen-bond donors (Lipinski definition) is 3. The van der Waals surface area contributed by atoms with Crippen molar-refractivity contribution in [3.63, 3.8) is 0 Å². The summed E-state index contributed by atoms with van der Waals surface area (Å²) in [6.07, 6.45) is 0. The summed E-state index contributed by atoms with van der Waals surface area (Å²) in [4.78, 5) is 10.7. The Kier molecular flexibility index (Phi) is 4.42. The number of urea groups is 1. The number of rotatable bonds is 4. The van der Waals surface area contributed by atoms with Crippen LogP contribution in [0.15, 0.2) is 42.5 Å². The Bertz CT molecular complexity index is 616. The van der Waals surface area contributed by atoms with E-state index in [0.717, 1.165) is 5.69 Å². The van der Waals surface area contributed by atoms with Gasteiger partial charge in [0.25, 0.3) is 0 Å². The maximum absolute atomic E-state index is 13.7. The van der Waals surface area contributed by atoms with Crippen molar-refractivity contribution in [3.05, 3.63) is 58.9 Å². The highest BCUT2D eigenvalue weighted by atomic mass is 35.5. The van der Waals surface area contributed by atoms with Crippen LogP contribution in [0.3, 0.4) is 0 Å². The number of hydrogen-bond acceptors (Lipinski definition) is 2. The van der Waals surface area contributed by atoms with Gasteiger partial charge >= 0.3 is 6.03 Å². The average Bonchev–Trinajstić information content (AvgIpc) is 2.41. The fourth-order valence-electron chi connectivity index (χ4n) is 1.70. The molecular formula is C14H13ClFN3O. The molecule has 2 rings (SSSR count). The number of anilines is 2. The fraction of sp³-hybridized carbons (Fsp3) is 0.0714. The van der Waals surface area contributed by atoms with Gasteiger partial charge in [0, 0.05) is 23.5 Å². The van der Waals surface area contributed by atoms with E-state index in [1.807, 2.05) is 0 Å². The Labute approximate surface area is 120 Å². The number of amides is 2. The molecule has 20 heavy (non-hydrogen) atoms.